The van der Waals surface area contributed by atoms with E-state index in [1.807, 2.05) is 0 Å². The smallest absolute Gasteiger partial charge is 0.323 e. The van der Waals surface area contributed by atoms with E-state index in [0.717, 1.165) is 11.0 Å². The van der Waals surface area contributed by atoms with Crippen molar-refractivity contribution in [3.05, 3.63) is 41.7 Å². The summed E-state index contributed by atoms with van der Waals surface area (Å²) >= 11 is 5.81. The second-order valence-corrected chi connectivity index (χ2v) is 5.27. The number of hydrogen-bond donors (Lipinski definition) is 3. The Labute approximate surface area is 142 Å². The average Bonchev–Trinajstić information content (AvgIpc) is 2.93. The van der Waals surface area contributed by atoms with Crippen LogP contribution in [0.1, 0.15) is 0 Å². The van der Waals surface area contributed by atoms with Gasteiger partial charge in [0.05, 0.1) is 25.3 Å². The number of fused-ring (bicyclic) bond motifs is 1. The molecule has 3 aromatic rings. The summed E-state index contributed by atoms with van der Waals surface area (Å²) in [5.74, 6) is 1.12. The maximum atomic E-state index is 12.1. The number of anilines is 2. The van der Waals surface area contributed by atoms with Gasteiger partial charge in [0.2, 0.25) is 5.28 Å². The summed E-state index contributed by atoms with van der Waals surface area (Å²) in [4.78, 5) is 19.1. The van der Waals surface area contributed by atoms with Gasteiger partial charge in [-0.3, -0.25) is 0 Å². The van der Waals surface area contributed by atoms with Crippen molar-refractivity contribution in [1.29, 1.82) is 0 Å². The number of carbonyl (C=O) groups is 1. The molecule has 24 heavy (non-hydrogen) atoms. The van der Waals surface area contributed by atoms with Crippen molar-refractivity contribution in [2.24, 2.45) is 0 Å². The van der Waals surface area contributed by atoms with Crippen molar-refractivity contribution in [3.63, 3.8) is 0 Å². The van der Waals surface area contributed by atoms with Crippen LogP contribution < -0.4 is 20.1 Å². The van der Waals surface area contributed by atoms with E-state index >= 15 is 0 Å². The monoisotopic (exact) mass is 346 g/mol. The molecular weight excluding hydrogens is 332 g/mol. The number of carbonyl (C=O) groups excluding carboxylic acids is 1. The third-order valence-electron chi connectivity index (χ3n) is 3.35. The lowest BCUT2D eigenvalue weighted by molar-refractivity contribution is 0.262. The maximum Gasteiger partial charge on any atom is 0.323 e. The van der Waals surface area contributed by atoms with Crippen LogP contribution in [-0.4, -0.2) is 30.2 Å². The highest BCUT2D eigenvalue weighted by atomic mass is 35.5. The third kappa shape index (κ3) is 3.36. The molecule has 2 aromatic carbocycles. The Morgan fingerprint density at radius 2 is 1.71 bits per heavy atom. The van der Waals surface area contributed by atoms with Gasteiger partial charge in [0.15, 0.2) is 11.5 Å². The van der Waals surface area contributed by atoms with Crippen LogP contribution in [0.2, 0.25) is 5.28 Å². The highest BCUT2D eigenvalue weighted by Crippen LogP contribution is 2.29. The van der Waals surface area contributed by atoms with Crippen LogP contribution in [0.25, 0.3) is 11.0 Å². The van der Waals surface area contributed by atoms with E-state index in [4.69, 9.17) is 21.1 Å². The molecule has 2 amide bonds. The molecule has 124 valence electrons. The largest absolute Gasteiger partial charge is 0.493 e. The van der Waals surface area contributed by atoms with Gasteiger partial charge in [-0.1, -0.05) is 0 Å². The molecule has 1 aromatic heterocycles. The Balaban J connectivity index is 1.72. The Morgan fingerprint density at radius 3 is 2.42 bits per heavy atom. The zero-order valence-corrected chi connectivity index (χ0v) is 13.8. The molecule has 0 aliphatic heterocycles. The molecule has 0 saturated heterocycles. The minimum Gasteiger partial charge on any atom is -0.493 e. The van der Waals surface area contributed by atoms with Crippen molar-refractivity contribution in [2.75, 3.05) is 24.9 Å². The molecule has 0 bridgehead atoms. The number of aromatic amines is 1. The van der Waals surface area contributed by atoms with E-state index in [0.29, 0.717) is 28.2 Å². The van der Waals surface area contributed by atoms with Crippen LogP contribution in [0.3, 0.4) is 0 Å². The van der Waals surface area contributed by atoms with Crippen molar-refractivity contribution in [2.45, 2.75) is 0 Å². The molecule has 3 N–H and O–H groups in total. The van der Waals surface area contributed by atoms with Crippen molar-refractivity contribution in [1.82, 2.24) is 9.97 Å². The number of rotatable bonds is 4. The molecule has 0 atom stereocenters. The zero-order valence-electron chi connectivity index (χ0n) is 13.0. The van der Waals surface area contributed by atoms with Gasteiger partial charge in [-0.15, -0.1) is 0 Å². The molecule has 0 aliphatic rings. The van der Waals surface area contributed by atoms with Crippen LogP contribution in [0.4, 0.5) is 16.2 Å². The highest BCUT2D eigenvalue weighted by Gasteiger charge is 2.08. The predicted octanol–water partition coefficient (Wildman–Crippen LogP) is 3.88. The number of urea groups is 1. The first-order valence-corrected chi connectivity index (χ1v) is 7.42. The normalized spacial score (nSPS) is 10.5. The number of amides is 2. The quantitative estimate of drug-likeness (QED) is 0.669. The molecule has 8 heteroatoms. The lowest BCUT2D eigenvalue weighted by Crippen LogP contribution is -2.19. The fourth-order valence-electron chi connectivity index (χ4n) is 2.26. The minimum absolute atomic E-state index is 0.303. The lowest BCUT2D eigenvalue weighted by Gasteiger charge is -2.11. The van der Waals surface area contributed by atoms with Crippen molar-refractivity contribution < 1.29 is 14.3 Å². The summed E-state index contributed by atoms with van der Waals surface area (Å²) in [6, 6.07) is 9.99. The van der Waals surface area contributed by atoms with Crippen LogP contribution in [-0.2, 0) is 0 Å². The summed E-state index contributed by atoms with van der Waals surface area (Å²) in [7, 11) is 3.09. The van der Waals surface area contributed by atoms with Gasteiger partial charge >= 0.3 is 6.03 Å². The number of benzene rings is 2. The maximum absolute atomic E-state index is 12.1. The van der Waals surface area contributed by atoms with Gasteiger partial charge in [-0.05, 0) is 41.9 Å². The number of methoxy groups -OCH3 is 2. The third-order valence-corrected chi connectivity index (χ3v) is 3.53. The molecule has 7 nitrogen and oxygen atoms in total. The number of imidazole rings is 1. The molecule has 0 radical (unpaired) electrons. The molecule has 1 heterocycles. The average molecular weight is 347 g/mol. The van der Waals surface area contributed by atoms with Gasteiger partial charge in [0.1, 0.15) is 0 Å². The Morgan fingerprint density at radius 1 is 1.04 bits per heavy atom. The topological polar surface area (TPSA) is 88.3 Å². The molecular formula is C16H15ClN4O3. The summed E-state index contributed by atoms with van der Waals surface area (Å²) in [5, 5.41) is 5.78. The SMILES string of the molecule is COc1ccc(NC(=O)Nc2ccc3nc(Cl)[nH]c3c2)cc1OC. The molecule has 0 aliphatic carbocycles. The summed E-state index contributed by atoms with van der Waals surface area (Å²) < 4.78 is 10.4. The van der Waals surface area contributed by atoms with Gasteiger partial charge < -0.3 is 25.1 Å². The van der Waals surface area contributed by atoms with Gasteiger partial charge in [-0.2, -0.15) is 0 Å². The summed E-state index contributed by atoms with van der Waals surface area (Å²) in [6.45, 7) is 0. The Hall–Kier alpha value is -2.93. The first kappa shape index (κ1) is 15.9. The van der Waals surface area contributed by atoms with E-state index in [9.17, 15) is 4.79 Å². The van der Waals surface area contributed by atoms with Crippen LogP contribution in [0.15, 0.2) is 36.4 Å². The number of halogens is 1. The van der Waals surface area contributed by atoms with E-state index in [2.05, 4.69) is 20.6 Å². The van der Waals surface area contributed by atoms with Gasteiger partial charge in [0.25, 0.3) is 0 Å². The number of nitrogens with zero attached hydrogens (tertiary/aromatic N) is 1. The van der Waals surface area contributed by atoms with E-state index in [1.54, 1.807) is 43.5 Å². The molecule has 3 rings (SSSR count). The lowest BCUT2D eigenvalue weighted by atomic mass is 10.2. The number of aromatic nitrogens is 2. The zero-order chi connectivity index (χ0) is 17.1. The van der Waals surface area contributed by atoms with Crippen LogP contribution in [0, 0.1) is 0 Å². The molecule has 0 saturated carbocycles. The number of ether oxygens (including phenoxy) is 2. The standard InChI is InChI=1S/C16H15ClN4O3/c1-23-13-6-4-10(8-14(13)24-2)19-16(22)18-9-3-5-11-12(7-9)21-15(17)20-11/h3-8H,1-2H3,(H,20,21)(H2,18,19,22). The van der Waals surface area contributed by atoms with E-state index in [-0.39, 0.29) is 6.03 Å². The van der Waals surface area contributed by atoms with Crippen molar-refractivity contribution in [3.8, 4) is 11.5 Å². The summed E-state index contributed by atoms with van der Waals surface area (Å²) in [6.07, 6.45) is 0. The fraction of sp³-hybridized carbons (Fsp3) is 0.125. The van der Waals surface area contributed by atoms with Gasteiger partial charge in [-0.25, -0.2) is 9.78 Å². The number of H-pyrrole nitrogens is 1. The number of nitrogens with one attached hydrogen (secondary N) is 3. The second-order valence-electron chi connectivity index (χ2n) is 4.91. The molecule has 0 unspecified atom stereocenters. The van der Waals surface area contributed by atoms with E-state index < -0.39 is 0 Å². The highest BCUT2D eigenvalue weighted by molar-refractivity contribution is 6.29. The van der Waals surface area contributed by atoms with Crippen molar-refractivity contribution >= 4 is 40.0 Å². The predicted molar refractivity (Wildman–Crippen MR) is 93.3 cm³/mol. The van der Waals surface area contributed by atoms with E-state index in [1.165, 1.54) is 7.11 Å². The first-order chi connectivity index (χ1) is 11.6. The summed E-state index contributed by atoms with van der Waals surface area (Å²) in [5.41, 5.74) is 2.66. The minimum atomic E-state index is -0.382. The van der Waals surface area contributed by atoms with Crippen LogP contribution in [0.5, 0.6) is 11.5 Å². The number of hydrogen-bond acceptors (Lipinski definition) is 4. The molecule has 0 fully saturated rings. The Bertz CT molecular complexity index is 894. The van der Waals surface area contributed by atoms with Crippen LogP contribution >= 0.6 is 11.6 Å². The molecule has 0 spiro atoms. The Kier molecular flexibility index (Phi) is 4.43. The fourth-order valence-corrected chi connectivity index (χ4v) is 2.46. The second kappa shape index (κ2) is 6.67. The first-order valence-electron chi connectivity index (χ1n) is 7.04. The van der Waals surface area contributed by atoms with Gasteiger partial charge in [0, 0.05) is 17.4 Å².